The van der Waals surface area contributed by atoms with Crippen LogP contribution in [0, 0.1) is 0 Å². The second kappa shape index (κ2) is 50.7. The summed E-state index contributed by atoms with van der Waals surface area (Å²) in [5, 5.41) is 0. The van der Waals surface area contributed by atoms with E-state index in [0.29, 0.717) is 19.3 Å². The third-order valence-electron chi connectivity index (χ3n) is 10.3. The zero-order valence-electron chi connectivity index (χ0n) is 40.5. The fraction of sp³-hybridized carbons (Fsp3) is 0.632. The molecular weight excluding hydrogens is 781 g/mol. The molecule has 0 fully saturated rings. The molecule has 6 heteroatoms. The minimum Gasteiger partial charge on any atom is -0.462 e. The maximum Gasteiger partial charge on any atom is 0.306 e. The molecule has 0 spiro atoms. The number of carbonyl (C=O) groups is 3. The lowest BCUT2D eigenvalue weighted by molar-refractivity contribution is -0.167. The van der Waals surface area contributed by atoms with Crippen molar-refractivity contribution < 1.29 is 28.6 Å². The van der Waals surface area contributed by atoms with E-state index in [1.165, 1.54) is 51.4 Å². The van der Waals surface area contributed by atoms with Crippen molar-refractivity contribution in [2.45, 2.75) is 219 Å². The molecule has 1 unspecified atom stereocenters. The number of carbonyl (C=O) groups excluding carboxylic acids is 3. The molecule has 0 aliphatic carbocycles. The molecule has 6 nitrogen and oxygen atoms in total. The summed E-state index contributed by atoms with van der Waals surface area (Å²) in [6.45, 7) is 6.38. The van der Waals surface area contributed by atoms with Crippen LogP contribution in [0.15, 0.2) is 109 Å². The molecule has 1 atom stereocenters. The maximum absolute atomic E-state index is 12.6. The molecule has 0 N–H and O–H groups in total. The van der Waals surface area contributed by atoms with Crippen molar-refractivity contribution in [2.24, 2.45) is 0 Å². The van der Waals surface area contributed by atoms with Crippen LogP contribution in [0.1, 0.15) is 213 Å². The number of rotatable bonds is 44. The highest BCUT2D eigenvalue weighted by atomic mass is 16.6. The van der Waals surface area contributed by atoms with Crippen LogP contribution in [-0.2, 0) is 28.6 Å². The van der Waals surface area contributed by atoms with Gasteiger partial charge in [-0.3, -0.25) is 14.4 Å². The van der Waals surface area contributed by atoms with Crippen LogP contribution in [-0.4, -0.2) is 37.2 Å². The molecule has 356 valence electrons. The van der Waals surface area contributed by atoms with Gasteiger partial charge in [0.1, 0.15) is 13.2 Å². The Morgan fingerprint density at radius 2 is 0.619 bits per heavy atom. The van der Waals surface area contributed by atoms with Gasteiger partial charge in [0.05, 0.1) is 0 Å². The standard InChI is InChI=1S/C57H92O6/c1-4-7-10-13-16-17-18-19-20-21-22-23-24-25-26-27-28-29-30-31-32-33-34-35-36-37-38-39-42-44-47-50-56(59)62-53-54(63-57(60)51-48-45-41-15-12-9-6-3)52-61-55(58)49-46-43-40-14-11-8-5-2/h7,10,16-17,19-20,22-23,25-26,28-29,31-32,34-35,37-38,54H,4-6,8-9,11-15,18,21,24,27,30,33,36,39-53H2,1-3H3/b10-7-,17-16-,20-19-,23-22-,26-25-,29-28-,32-31-,35-34-,38-37-. The predicted octanol–water partition coefficient (Wildman–Crippen LogP) is 16.8. The Labute approximate surface area is 387 Å². The van der Waals surface area contributed by atoms with E-state index >= 15 is 0 Å². The van der Waals surface area contributed by atoms with Crippen LogP contribution >= 0.6 is 0 Å². The first-order valence-electron chi connectivity index (χ1n) is 25.4. The smallest absolute Gasteiger partial charge is 0.306 e. The number of hydrogen-bond donors (Lipinski definition) is 0. The van der Waals surface area contributed by atoms with E-state index < -0.39 is 6.10 Å². The summed E-state index contributed by atoms with van der Waals surface area (Å²) >= 11 is 0. The van der Waals surface area contributed by atoms with Gasteiger partial charge in [0.2, 0.25) is 0 Å². The lowest BCUT2D eigenvalue weighted by Crippen LogP contribution is -2.30. The van der Waals surface area contributed by atoms with Gasteiger partial charge < -0.3 is 14.2 Å². The Balaban J connectivity index is 4.14. The molecule has 0 aromatic heterocycles. The van der Waals surface area contributed by atoms with E-state index in [2.05, 4.69) is 130 Å². The zero-order chi connectivity index (χ0) is 45.8. The number of esters is 3. The van der Waals surface area contributed by atoms with E-state index in [0.717, 1.165) is 122 Å². The van der Waals surface area contributed by atoms with Gasteiger partial charge >= 0.3 is 17.9 Å². The molecule has 0 saturated carbocycles. The van der Waals surface area contributed by atoms with Crippen molar-refractivity contribution in [3.05, 3.63) is 109 Å². The highest BCUT2D eigenvalue weighted by molar-refractivity contribution is 5.71. The molecule has 63 heavy (non-hydrogen) atoms. The third-order valence-corrected chi connectivity index (χ3v) is 10.3. The van der Waals surface area contributed by atoms with Gasteiger partial charge in [0.25, 0.3) is 0 Å². The second-order valence-corrected chi connectivity index (χ2v) is 16.4. The van der Waals surface area contributed by atoms with Crippen molar-refractivity contribution >= 4 is 17.9 Å². The zero-order valence-corrected chi connectivity index (χ0v) is 40.5. The Kier molecular flexibility index (Phi) is 47.5. The van der Waals surface area contributed by atoms with Crippen molar-refractivity contribution in [1.29, 1.82) is 0 Å². The van der Waals surface area contributed by atoms with Crippen LogP contribution in [0.3, 0.4) is 0 Å². The molecule has 0 aliphatic heterocycles. The average Bonchev–Trinajstić information content (AvgIpc) is 3.28. The number of ether oxygens (including phenoxy) is 3. The summed E-state index contributed by atoms with van der Waals surface area (Å²) in [6.07, 6.45) is 68.3. The van der Waals surface area contributed by atoms with Crippen molar-refractivity contribution in [3.8, 4) is 0 Å². The maximum atomic E-state index is 12.6. The normalized spacial score (nSPS) is 13.0. The summed E-state index contributed by atoms with van der Waals surface area (Å²) in [5.41, 5.74) is 0. The Morgan fingerprint density at radius 3 is 0.968 bits per heavy atom. The lowest BCUT2D eigenvalue weighted by Gasteiger charge is -2.18. The highest BCUT2D eigenvalue weighted by Gasteiger charge is 2.19. The monoisotopic (exact) mass is 873 g/mol. The fourth-order valence-electron chi connectivity index (χ4n) is 6.49. The Morgan fingerprint density at radius 1 is 0.333 bits per heavy atom. The first-order valence-corrected chi connectivity index (χ1v) is 25.4. The Hall–Kier alpha value is -3.93. The average molecular weight is 873 g/mol. The second-order valence-electron chi connectivity index (χ2n) is 16.4. The minimum absolute atomic E-state index is 0.0886. The predicted molar refractivity (Wildman–Crippen MR) is 270 cm³/mol. The van der Waals surface area contributed by atoms with E-state index in [-0.39, 0.29) is 31.1 Å². The van der Waals surface area contributed by atoms with E-state index in [1.807, 2.05) is 0 Å². The molecule has 0 aromatic rings. The van der Waals surface area contributed by atoms with Gasteiger partial charge in [-0.15, -0.1) is 0 Å². The Bertz CT molecular complexity index is 1330. The molecule has 0 aliphatic rings. The van der Waals surface area contributed by atoms with Crippen LogP contribution in [0.25, 0.3) is 0 Å². The molecule has 0 amide bonds. The van der Waals surface area contributed by atoms with Crippen LogP contribution < -0.4 is 0 Å². The summed E-state index contributed by atoms with van der Waals surface area (Å²) in [6, 6.07) is 0. The molecule has 0 saturated heterocycles. The molecule has 0 heterocycles. The van der Waals surface area contributed by atoms with Crippen LogP contribution in [0.2, 0.25) is 0 Å². The van der Waals surface area contributed by atoms with Gasteiger partial charge in [-0.25, -0.2) is 0 Å². The molecule has 0 radical (unpaired) electrons. The number of allylic oxidation sites excluding steroid dienone is 18. The van der Waals surface area contributed by atoms with Gasteiger partial charge in [-0.2, -0.15) is 0 Å². The molecular formula is C57H92O6. The van der Waals surface area contributed by atoms with Crippen LogP contribution in [0.5, 0.6) is 0 Å². The first-order chi connectivity index (χ1) is 31.0. The van der Waals surface area contributed by atoms with Gasteiger partial charge in [0.15, 0.2) is 6.10 Å². The summed E-state index contributed by atoms with van der Waals surface area (Å²) in [4.78, 5) is 37.5. The fourth-order valence-corrected chi connectivity index (χ4v) is 6.49. The first kappa shape index (κ1) is 59.1. The molecule has 0 bridgehead atoms. The lowest BCUT2D eigenvalue weighted by atomic mass is 10.1. The number of unbranched alkanes of at least 4 members (excludes halogenated alkanes) is 15. The summed E-state index contributed by atoms with van der Waals surface area (Å²) < 4.78 is 16.6. The van der Waals surface area contributed by atoms with E-state index in [4.69, 9.17) is 14.2 Å². The van der Waals surface area contributed by atoms with Gasteiger partial charge in [0, 0.05) is 19.3 Å². The van der Waals surface area contributed by atoms with Crippen molar-refractivity contribution in [1.82, 2.24) is 0 Å². The van der Waals surface area contributed by atoms with Gasteiger partial charge in [-0.05, 0) is 89.9 Å². The quantitative estimate of drug-likeness (QED) is 0.0263. The SMILES string of the molecule is CC/C=C\C/C=C\C/C=C\C/C=C\C/C=C\C/C=C\C/C=C\C/C=C\C/C=C\CCCCCC(=O)OCC(COC(=O)CCCCCCCCC)OC(=O)CCCCCCCCC. The highest BCUT2D eigenvalue weighted by Crippen LogP contribution is 2.12. The number of hydrogen-bond acceptors (Lipinski definition) is 6. The third kappa shape index (κ3) is 49.0. The van der Waals surface area contributed by atoms with E-state index in [9.17, 15) is 14.4 Å². The topological polar surface area (TPSA) is 78.9 Å². The van der Waals surface area contributed by atoms with Gasteiger partial charge in [-0.1, -0.05) is 214 Å². The van der Waals surface area contributed by atoms with Crippen molar-refractivity contribution in [3.63, 3.8) is 0 Å². The minimum atomic E-state index is -0.785. The summed E-state index contributed by atoms with van der Waals surface area (Å²) in [7, 11) is 0. The summed E-state index contributed by atoms with van der Waals surface area (Å²) in [5.74, 6) is -0.945. The largest absolute Gasteiger partial charge is 0.462 e. The van der Waals surface area contributed by atoms with E-state index in [1.54, 1.807) is 0 Å². The van der Waals surface area contributed by atoms with Crippen molar-refractivity contribution in [2.75, 3.05) is 13.2 Å². The molecule has 0 rings (SSSR count). The molecule has 0 aromatic carbocycles. The van der Waals surface area contributed by atoms with Crippen LogP contribution in [0.4, 0.5) is 0 Å².